The number of benzene rings is 1. The molecular formula is C13H15Cl2NO. The quantitative estimate of drug-likeness (QED) is 0.914. The standard InChI is InChI=1S/C13H15Cl2NO/c1-13(16,9-2-3-9)12(17)7-8-6-10(14)4-5-11(8)15/h4-6,9H,2-3,7,16H2,1H3. The highest BCUT2D eigenvalue weighted by atomic mass is 35.5. The van der Waals surface area contributed by atoms with Gasteiger partial charge in [-0.3, -0.25) is 4.79 Å². The molecule has 1 atom stereocenters. The highest BCUT2D eigenvalue weighted by Gasteiger charge is 2.43. The molecule has 0 saturated heterocycles. The van der Waals surface area contributed by atoms with Gasteiger partial charge in [0.2, 0.25) is 0 Å². The highest BCUT2D eigenvalue weighted by Crippen LogP contribution is 2.39. The predicted molar refractivity (Wildman–Crippen MR) is 70.5 cm³/mol. The fraction of sp³-hybridized carbons (Fsp3) is 0.462. The molecule has 1 aromatic rings. The summed E-state index contributed by atoms with van der Waals surface area (Å²) in [6.45, 7) is 1.81. The maximum atomic E-state index is 12.2. The molecular weight excluding hydrogens is 257 g/mol. The highest BCUT2D eigenvalue weighted by molar-refractivity contribution is 6.33. The van der Waals surface area contributed by atoms with E-state index in [0.717, 1.165) is 18.4 Å². The van der Waals surface area contributed by atoms with E-state index in [1.807, 2.05) is 6.92 Å². The van der Waals surface area contributed by atoms with E-state index >= 15 is 0 Å². The predicted octanol–water partition coefficient (Wildman–Crippen LogP) is 3.23. The molecule has 17 heavy (non-hydrogen) atoms. The Morgan fingerprint density at radius 2 is 2.12 bits per heavy atom. The van der Waals surface area contributed by atoms with E-state index in [1.54, 1.807) is 18.2 Å². The summed E-state index contributed by atoms with van der Waals surface area (Å²) >= 11 is 11.9. The Kier molecular flexibility index (Phi) is 3.48. The van der Waals surface area contributed by atoms with E-state index in [4.69, 9.17) is 28.9 Å². The Morgan fingerprint density at radius 3 is 2.71 bits per heavy atom. The molecule has 2 nitrogen and oxygen atoms in total. The van der Waals surface area contributed by atoms with Gasteiger partial charge in [0.25, 0.3) is 0 Å². The molecule has 0 aliphatic heterocycles. The van der Waals surface area contributed by atoms with Gasteiger partial charge in [0, 0.05) is 16.5 Å². The number of hydrogen-bond acceptors (Lipinski definition) is 2. The van der Waals surface area contributed by atoms with Gasteiger partial charge >= 0.3 is 0 Å². The largest absolute Gasteiger partial charge is 0.319 e. The molecule has 1 aromatic carbocycles. The SMILES string of the molecule is CC(N)(C(=O)Cc1cc(Cl)ccc1Cl)C1CC1. The van der Waals surface area contributed by atoms with Crippen molar-refractivity contribution in [1.29, 1.82) is 0 Å². The first-order chi connectivity index (χ1) is 7.91. The summed E-state index contributed by atoms with van der Waals surface area (Å²) in [5.41, 5.74) is 6.10. The molecule has 1 unspecified atom stereocenters. The van der Waals surface area contributed by atoms with Crippen LogP contribution in [-0.4, -0.2) is 11.3 Å². The molecule has 0 spiro atoms. The van der Waals surface area contributed by atoms with Crippen LogP contribution >= 0.6 is 23.2 Å². The van der Waals surface area contributed by atoms with Gasteiger partial charge in [-0.15, -0.1) is 0 Å². The molecule has 1 fully saturated rings. The Morgan fingerprint density at radius 1 is 1.47 bits per heavy atom. The van der Waals surface area contributed by atoms with Crippen LogP contribution in [0.3, 0.4) is 0 Å². The summed E-state index contributed by atoms with van der Waals surface area (Å²) < 4.78 is 0. The lowest BCUT2D eigenvalue weighted by Crippen LogP contribution is -2.47. The van der Waals surface area contributed by atoms with Gasteiger partial charge in [0.05, 0.1) is 5.54 Å². The average molecular weight is 272 g/mol. The lowest BCUT2D eigenvalue weighted by Gasteiger charge is -2.22. The van der Waals surface area contributed by atoms with Crippen molar-refractivity contribution < 1.29 is 4.79 Å². The Balaban J connectivity index is 2.15. The number of rotatable bonds is 4. The number of ketones is 1. The van der Waals surface area contributed by atoms with Crippen molar-refractivity contribution in [3.63, 3.8) is 0 Å². The van der Waals surface area contributed by atoms with Crippen LogP contribution in [0, 0.1) is 5.92 Å². The van der Waals surface area contributed by atoms with Gasteiger partial charge in [-0.25, -0.2) is 0 Å². The molecule has 0 aromatic heterocycles. The van der Waals surface area contributed by atoms with E-state index in [-0.39, 0.29) is 12.2 Å². The van der Waals surface area contributed by atoms with Crippen LogP contribution in [0.25, 0.3) is 0 Å². The fourth-order valence-corrected chi connectivity index (χ4v) is 2.33. The Hall–Kier alpha value is -0.570. The normalized spacial score (nSPS) is 18.8. The molecule has 2 N–H and O–H groups in total. The zero-order valence-electron chi connectivity index (χ0n) is 9.67. The fourth-order valence-electron chi connectivity index (χ4n) is 1.95. The minimum atomic E-state index is -0.731. The lowest BCUT2D eigenvalue weighted by molar-refractivity contribution is -0.123. The van der Waals surface area contributed by atoms with Crippen molar-refractivity contribution in [3.05, 3.63) is 33.8 Å². The van der Waals surface area contributed by atoms with E-state index < -0.39 is 5.54 Å². The second-order valence-electron chi connectivity index (χ2n) is 4.89. The molecule has 0 heterocycles. The summed E-state index contributed by atoms with van der Waals surface area (Å²) in [4.78, 5) is 12.2. The van der Waals surface area contributed by atoms with Crippen molar-refractivity contribution in [2.75, 3.05) is 0 Å². The summed E-state index contributed by atoms with van der Waals surface area (Å²) in [5, 5.41) is 1.15. The van der Waals surface area contributed by atoms with E-state index in [0.29, 0.717) is 16.0 Å². The van der Waals surface area contributed by atoms with Crippen LogP contribution in [0.15, 0.2) is 18.2 Å². The first-order valence-corrected chi connectivity index (χ1v) is 6.43. The van der Waals surface area contributed by atoms with Gasteiger partial charge in [0.15, 0.2) is 5.78 Å². The minimum Gasteiger partial charge on any atom is -0.319 e. The van der Waals surface area contributed by atoms with Crippen molar-refractivity contribution in [2.24, 2.45) is 11.7 Å². The van der Waals surface area contributed by atoms with Crippen LogP contribution in [0.2, 0.25) is 10.0 Å². The average Bonchev–Trinajstić information content (AvgIpc) is 3.07. The first kappa shape index (κ1) is 12.9. The summed E-state index contributed by atoms with van der Waals surface area (Å²) in [6, 6.07) is 5.14. The van der Waals surface area contributed by atoms with Crippen molar-refractivity contribution in [1.82, 2.24) is 0 Å². The molecule has 1 aliphatic rings. The van der Waals surface area contributed by atoms with Crippen molar-refractivity contribution >= 4 is 29.0 Å². The van der Waals surface area contributed by atoms with Gasteiger partial charge in [-0.05, 0) is 49.4 Å². The van der Waals surface area contributed by atoms with E-state index in [1.165, 1.54) is 0 Å². The van der Waals surface area contributed by atoms with Crippen LogP contribution in [0.4, 0.5) is 0 Å². The van der Waals surface area contributed by atoms with Crippen LogP contribution < -0.4 is 5.73 Å². The van der Waals surface area contributed by atoms with Crippen LogP contribution in [0.1, 0.15) is 25.3 Å². The first-order valence-electron chi connectivity index (χ1n) is 5.67. The van der Waals surface area contributed by atoms with Crippen molar-refractivity contribution in [2.45, 2.75) is 31.7 Å². The van der Waals surface area contributed by atoms with Gasteiger partial charge < -0.3 is 5.73 Å². The van der Waals surface area contributed by atoms with Gasteiger partial charge in [0.1, 0.15) is 0 Å². The van der Waals surface area contributed by atoms with Crippen LogP contribution in [0.5, 0.6) is 0 Å². The topological polar surface area (TPSA) is 43.1 Å². The number of carbonyl (C=O) groups excluding carboxylic acids is 1. The molecule has 0 bridgehead atoms. The second kappa shape index (κ2) is 4.60. The number of nitrogens with two attached hydrogens (primary N) is 1. The number of Topliss-reactive ketones (excluding diaryl/α,β-unsaturated/α-hetero) is 1. The van der Waals surface area contributed by atoms with E-state index in [2.05, 4.69) is 0 Å². The summed E-state index contributed by atoms with van der Waals surface area (Å²) in [6.07, 6.45) is 2.34. The Bertz CT molecular complexity index is 453. The zero-order valence-corrected chi connectivity index (χ0v) is 11.2. The monoisotopic (exact) mass is 271 g/mol. The smallest absolute Gasteiger partial charge is 0.157 e. The third-order valence-corrected chi connectivity index (χ3v) is 3.99. The number of halogens is 2. The molecule has 2 rings (SSSR count). The second-order valence-corrected chi connectivity index (χ2v) is 5.74. The van der Waals surface area contributed by atoms with Gasteiger partial charge in [-0.1, -0.05) is 23.2 Å². The lowest BCUT2D eigenvalue weighted by atomic mass is 9.88. The molecule has 0 radical (unpaired) electrons. The molecule has 0 amide bonds. The Labute approximate surface area is 111 Å². The number of carbonyl (C=O) groups is 1. The third kappa shape index (κ3) is 2.82. The molecule has 4 heteroatoms. The number of hydrogen-bond donors (Lipinski definition) is 1. The maximum absolute atomic E-state index is 12.2. The van der Waals surface area contributed by atoms with Gasteiger partial charge in [-0.2, -0.15) is 0 Å². The van der Waals surface area contributed by atoms with Crippen LogP contribution in [-0.2, 0) is 11.2 Å². The summed E-state index contributed by atoms with van der Waals surface area (Å²) in [5.74, 6) is 0.358. The zero-order chi connectivity index (χ0) is 12.6. The molecule has 1 aliphatic carbocycles. The van der Waals surface area contributed by atoms with E-state index in [9.17, 15) is 4.79 Å². The minimum absolute atomic E-state index is 0.0316. The maximum Gasteiger partial charge on any atom is 0.157 e. The van der Waals surface area contributed by atoms with Crippen molar-refractivity contribution in [3.8, 4) is 0 Å². The molecule has 92 valence electrons. The molecule has 1 saturated carbocycles. The third-order valence-electron chi connectivity index (χ3n) is 3.39. The summed E-state index contributed by atoms with van der Waals surface area (Å²) in [7, 11) is 0.